The van der Waals surface area contributed by atoms with E-state index in [0.29, 0.717) is 5.69 Å². The van der Waals surface area contributed by atoms with Gasteiger partial charge in [-0.1, -0.05) is 13.8 Å². The fraction of sp³-hybridized carbons (Fsp3) is 0.364. The molecular formula is C11H14FNO2. The Labute approximate surface area is 87.9 Å². The molecule has 0 heterocycles. The molecule has 1 atom stereocenters. The number of nitrogens with one attached hydrogen (secondary N) is 1. The highest BCUT2D eigenvalue weighted by Crippen LogP contribution is 2.13. The predicted molar refractivity (Wildman–Crippen MR) is 56.3 cm³/mol. The minimum Gasteiger partial charge on any atom is -0.480 e. The normalized spacial score (nSPS) is 12.5. The van der Waals surface area contributed by atoms with Crippen LogP contribution in [0.3, 0.4) is 0 Å². The molecule has 0 saturated carbocycles. The van der Waals surface area contributed by atoms with Crippen molar-refractivity contribution in [2.45, 2.75) is 19.9 Å². The first-order valence-electron chi connectivity index (χ1n) is 4.75. The Bertz CT molecular complexity index is 335. The molecule has 0 spiro atoms. The summed E-state index contributed by atoms with van der Waals surface area (Å²) in [5.41, 5.74) is 0.609. The standard InChI is InChI=1S/C11H14FNO2/c1-7(2)10(11(14)15)13-9-5-3-8(12)4-6-9/h3-7,10,13H,1-2H3,(H,14,15)/t10-/m1/s1. The summed E-state index contributed by atoms with van der Waals surface area (Å²) in [5.74, 6) is -1.28. The molecule has 1 aromatic carbocycles. The number of anilines is 1. The van der Waals surface area contributed by atoms with Crippen molar-refractivity contribution >= 4 is 11.7 Å². The number of carbonyl (C=O) groups is 1. The number of benzene rings is 1. The van der Waals surface area contributed by atoms with Crippen LogP contribution in [0.4, 0.5) is 10.1 Å². The molecule has 0 aliphatic heterocycles. The molecule has 0 unspecified atom stereocenters. The van der Waals surface area contributed by atoms with Crippen molar-refractivity contribution in [3.8, 4) is 0 Å². The lowest BCUT2D eigenvalue weighted by atomic mass is 10.0. The number of aliphatic carboxylic acids is 1. The van der Waals surface area contributed by atoms with E-state index >= 15 is 0 Å². The Kier molecular flexibility index (Phi) is 3.66. The van der Waals surface area contributed by atoms with E-state index in [4.69, 9.17) is 5.11 Å². The maximum absolute atomic E-state index is 12.6. The van der Waals surface area contributed by atoms with Crippen LogP contribution in [0.1, 0.15) is 13.8 Å². The lowest BCUT2D eigenvalue weighted by Gasteiger charge is -2.18. The van der Waals surface area contributed by atoms with Crippen LogP contribution in [-0.2, 0) is 4.79 Å². The Balaban J connectivity index is 2.74. The summed E-state index contributed by atoms with van der Waals surface area (Å²) in [4.78, 5) is 10.9. The quantitative estimate of drug-likeness (QED) is 0.803. The summed E-state index contributed by atoms with van der Waals surface area (Å²) in [7, 11) is 0. The van der Waals surface area contributed by atoms with E-state index in [-0.39, 0.29) is 11.7 Å². The minimum absolute atomic E-state index is 0.0347. The second-order valence-corrected chi connectivity index (χ2v) is 3.71. The van der Waals surface area contributed by atoms with Gasteiger partial charge in [-0.2, -0.15) is 0 Å². The number of hydrogen-bond donors (Lipinski definition) is 2. The minimum atomic E-state index is -0.908. The highest BCUT2D eigenvalue weighted by atomic mass is 19.1. The Morgan fingerprint density at radius 3 is 2.27 bits per heavy atom. The van der Waals surface area contributed by atoms with Gasteiger partial charge in [0.05, 0.1) is 0 Å². The second kappa shape index (κ2) is 4.77. The van der Waals surface area contributed by atoms with Gasteiger partial charge >= 0.3 is 5.97 Å². The Hall–Kier alpha value is -1.58. The van der Waals surface area contributed by atoms with Crippen molar-refractivity contribution in [3.63, 3.8) is 0 Å². The third-order valence-electron chi connectivity index (χ3n) is 2.10. The fourth-order valence-electron chi connectivity index (χ4n) is 1.24. The van der Waals surface area contributed by atoms with E-state index < -0.39 is 12.0 Å². The summed E-state index contributed by atoms with van der Waals surface area (Å²) in [6, 6.07) is 4.97. The van der Waals surface area contributed by atoms with Crippen LogP contribution < -0.4 is 5.32 Å². The van der Waals surface area contributed by atoms with Crippen LogP contribution in [0.25, 0.3) is 0 Å². The zero-order valence-electron chi connectivity index (χ0n) is 8.70. The molecule has 0 bridgehead atoms. The molecule has 1 rings (SSSR count). The largest absolute Gasteiger partial charge is 0.480 e. The van der Waals surface area contributed by atoms with E-state index in [9.17, 15) is 9.18 Å². The average Bonchev–Trinajstić information content (AvgIpc) is 2.15. The summed E-state index contributed by atoms with van der Waals surface area (Å²) in [6.45, 7) is 3.63. The van der Waals surface area contributed by atoms with E-state index in [1.54, 1.807) is 0 Å². The molecule has 1 aromatic rings. The molecule has 15 heavy (non-hydrogen) atoms. The van der Waals surface area contributed by atoms with E-state index in [1.807, 2.05) is 13.8 Å². The molecule has 0 fully saturated rings. The number of rotatable bonds is 4. The Morgan fingerprint density at radius 2 is 1.87 bits per heavy atom. The van der Waals surface area contributed by atoms with Crippen LogP contribution in [0.2, 0.25) is 0 Å². The van der Waals surface area contributed by atoms with Crippen molar-refractivity contribution in [1.82, 2.24) is 0 Å². The predicted octanol–water partition coefficient (Wildman–Crippen LogP) is 2.35. The smallest absolute Gasteiger partial charge is 0.326 e. The molecule has 3 nitrogen and oxygen atoms in total. The maximum Gasteiger partial charge on any atom is 0.326 e. The van der Waals surface area contributed by atoms with Crippen LogP contribution in [0.15, 0.2) is 24.3 Å². The highest BCUT2D eigenvalue weighted by Gasteiger charge is 2.20. The highest BCUT2D eigenvalue weighted by molar-refractivity contribution is 5.77. The number of carboxylic acid groups (broad SMARTS) is 1. The molecule has 4 heteroatoms. The molecule has 0 amide bonds. The molecule has 0 radical (unpaired) electrons. The van der Waals surface area contributed by atoms with Crippen molar-refractivity contribution in [2.24, 2.45) is 5.92 Å². The van der Waals surface area contributed by atoms with Gasteiger partial charge in [0.1, 0.15) is 11.9 Å². The van der Waals surface area contributed by atoms with Crippen molar-refractivity contribution < 1.29 is 14.3 Å². The van der Waals surface area contributed by atoms with Crippen LogP contribution in [0, 0.1) is 11.7 Å². The van der Waals surface area contributed by atoms with Gasteiger partial charge in [-0.3, -0.25) is 0 Å². The zero-order valence-corrected chi connectivity index (χ0v) is 8.70. The Morgan fingerprint density at radius 1 is 1.33 bits per heavy atom. The zero-order chi connectivity index (χ0) is 11.4. The molecule has 82 valence electrons. The van der Waals surface area contributed by atoms with Gasteiger partial charge in [0.25, 0.3) is 0 Å². The van der Waals surface area contributed by atoms with Crippen molar-refractivity contribution in [3.05, 3.63) is 30.1 Å². The first kappa shape index (κ1) is 11.5. The van der Waals surface area contributed by atoms with Gasteiger partial charge < -0.3 is 10.4 Å². The third kappa shape index (κ3) is 3.23. The molecule has 2 N–H and O–H groups in total. The SMILES string of the molecule is CC(C)[C@@H](Nc1ccc(F)cc1)C(=O)O. The van der Waals surface area contributed by atoms with E-state index in [0.717, 1.165) is 0 Å². The summed E-state index contributed by atoms with van der Waals surface area (Å²) in [5, 5.41) is 11.8. The number of hydrogen-bond acceptors (Lipinski definition) is 2. The number of halogens is 1. The van der Waals surface area contributed by atoms with E-state index in [1.165, 1.54) is 24.3 Å². The van der Waals surface area contributed by atoms with Crippen molar-refractivity contribution in [1.29, 1.82) is 0 Å². The van der Waals surface area contributed by atoms with Crippen LogP contribution in [-0.4, -0.2) is 17.1 Å². The van der Waals surface area contributed by atoms with Gasteiger partial charge in [-0.05, 0) is 30.2 Å². The van der Waals surface area contributed by atoms with Gasteiger partial charge in [-0.25, -0.2) is 9.18 Å². The monoisotopic (exact) mass is 211 g/mol. The molecule has 0 aliphatic carbocycles. The first-order valence-corrected chi connectivity index (χ1v) is 4.75. The summed E-state index contributed by atoms with van der Waals surface area (Å²) in [6.07, 6.45) is 0. The lowest BCUT2D eigenvalue weighted by molar-refractivity contribution is -0.138. The summed E-state index contributed by atoms with van der Waals surface area (Å²) >= 11 is 0. The lowest BCUT2D eigenvalue weighted by Crippen LogP contribution is -2.34. The molecular weight excluding hydrogens is 197 g/mol. The fourth-order valence-corrected chi connectivity index (χ4v) is 1.24. The van der Waals surface area contributed by atoms with Gasteiger partial charge in [-0.15, -0.1) is 0 Å². The second-order valence-electron chi connectivity index (χ2n) is 3.71. The molecule has 0 aliphatic rings. The topological polar surface area (TPSA) is 49.3 Å². The molecule has 0 saturated heterocycles. The van der Waals surface area contributed by atoms with Gasteiger partial charge in [0.15, 0.2) is 0 Å². The average molecular weight is 211 g/mol. The third-order valence-corrected chi connectivity index (χ3v) is 2.10. The van der Waals surface area contributed by atoms with Gasteiger partial charge in [0.2, 0.25) is 0 Å². The van der Waals surface area contributed by atoms with E-state index in [2.05, 4.69) is 5.32 Å². The molecule has 0 aromatic heterocycles. The summed E-state index contributed by atoms with van der Waals surface area (Å²) < 4.78 is 12.6. The van der Waals surface area contributed by atoms with Gasteiger partial charge in [0, 0.05) is 5.69 Å². The van der Waals surface area contributed by atoms with Crippen LogP contribution >= 0.6 is 0 Å². The van der Waals surface area contributed by atoms with Crippen LogP contribution in [0.5, 0.6) is 0 Å². The first-order chi connectivity index (χ1) is 7.00. The van der Waals surface area contributed by atoms with Crippen molar-refractivity contribution in [2.75, 3.05) is 5.32 Å². The maximum atomic E-state index is 12.6. The number of carboxylic acids is 1.